The number of aromatic amines is 1. The summed E-state index contributed by atoms with van der Waals surface area (Å²) in [6.07, 6.45) is -2.40. The van der Waals surface area contributed by atoms with Crippen LogP contribution in [0.25, 0.3) is 0 Å². The van der Waals surface area contributed by atoms with E-state index in [9.17, 15) is 13.2 Å². The average molecular weight is 307 g/mol. The summed E-state index contributed by atoms with van der Waals surface area (Å²) < 4.78 is 40.4. The average Bonchev–Trinajstić information content (AvgIpc) is 2.86. The highest BCUT2D eigenvalue weighted by molar-refractivity contribution is 5.29. The van der Waals surface area contributed by atoms with Crippen LogP contribution in [0.5, 0.6) is 0 Å². The number of nitrogens with two attached hydrogens (primary N) is 1. The normalized spacial score (nSPS) is 19.0. The lowest BCUT2D eigenvalue weighted by Gasteiger charge is -2.32. The maximum absolute atomic E-state index is 12.0. The Morgan fingerprint density at radius 3 is 2.67 bits per heavy atom. The van der Waals surface area contributed by atoms with Gasteiger partial charge in [-0.05, 0) is 25.7 Å². The Kier molecular flexibility index (Phi) is 5.04. The van der Waals surface area contributed by atoms with Gasteiger partial charge in [0.2, 0.25) is 5.95 Å². The summed E-state index contributed by atoms with van der Waals surface area (Å²) in [6.45, 7) is 2.08. The summed E-state index contributed by atoms with van der Waals surface area (Å²) in [5.41, 5.74) is 5.88. The van der Waals surface area contributed by atoms with Gasteiger partial charge < -0.3 is 15.4 Å². The van der Waals surface area contributed by atoms with Gasteiger partial charge in [0, 0.05) is 19.1 Å². The number of aromatic nitrogens is 3. The second-order valence-electron chi connectivity index (χ2n) is 5.37. The van der Waals surface area contributed by atoms with Crippen molar-refractivity contribution in [3.8, 4) is 0 Å². The number of nitrogens with zero attached hydrogens (tertiary/aromatic N) is 3. The van der Waals surface area contributed by atoms with Crippen molar-refractivity contribution in [2.75, 3.05) is 24.6 Å². The molecular weight excluding hydrogens is 287 g/mol. The van der Waals surface area contributed by atoms with Gasteiger partial charge in [0.15, 0.2) is 5.82 Å². The quantitative estimate of drug-likeness (QED) is 0.860. The maximum atomic E-state index is 12.0. The van der Waals surface area contributed by atoms with E-state index in [0.29, 0.717) is 17.7 Å². The Morgan fingerprint density at radius 2 is 2.10 bits per heavy atom. The van der Waals surface area contributed by atoms with Gasteiger partial charge in [-0.3, -0.25) is 5.10 Å². The summed E-state index contributed by atoms with van der Waals surface area (Å²) in [4.78, 5) is 6.16. The first-order chi connectivity index (χ1) is 9.85. The van der Waals surface area contributed by atoms with Crippen molar-refractivity contribution in [1.29, 1.82) is 0 Å². The molecule has 120 valence electrons. The van der Waals surface area contributed by atoms with Crippen LogP contribution < -0.4 is 10.6 Å². The molecule has 1 saturated heterocycles. The number of nitrogens with one attached hydrogen (secondary N) is 1. The molecule has 0 saturated carbocycles. The summed E-state index contributed by atoms with van der Waals surface area (Å²) in [7, 11) is 0. The number of hydrogen-bond acceptors (Lipinski definition) is 5. The number of halogens is 3. The summed E-state index contributed by atoms with van der Waals surface area (Å²) in [5, 5.41) is 6.63. The molecule has 1 aliphatic rings. The van der Waals surface area contributed by atoms with Gasteiger partial charge in [-0.1, -0.05) is 0 Å². The molecule has 0 bridgehead atoms. The van der Waals surface area contributed by atoms with Crippen molar-refractivity contribution >= 4 is 5.95 Å². The van der Waals surface area contributed by atoms with Crippen molar-refractivity contribution < 1.29 is 17.9 Å². The van der Waals surface area contributed by atoms with Crippen molar-refractivity contribution in [3.63, 3.8) is 0 Å². The highest BCUT2D eigenvalue weighted by atomic mass is 19.4. The van der Waals surface area contributed by atoms with Gasteiger partial charge in [-0.25, -0.2) is 0 Å². The van der Waals surface area contributed by atoms with Crippen LogP contribution in [0.3, 0.4) is 0 Å². The van der Waals surface area contributed by atoms with Crippen LogP contribution in [0, 0.1) is 5.92 Å². The van der Waals surface area contributed by atoms with Crippen molar-refractivity contribution in [2.24, 2.45) is 11.7 Å². The molecule has 21 heavy (non-hydrogen) atoms. The number of hydrogen-bond donors (Lipinski definition) is 2. The molecule has 1 unspecified atom stereocenters. The number of H-pyrrole nitrogens is 1. The standard InChI is InChI=1S/C12H20F3N5O/c1-8(16)9-2-4-20(5-3-9)11-17-10(18-19-11)6-21-7-12(13,14)15/h8-9H,2-7,16H2,1H3,(H,17,18,19). The van der Waals surface area contributed by atoms with E-state index in [0.717, 1.165) is 25.9 Å². The summed E-state index contributed by atoms with van der Waals surface area (Å²) in [6, 6.07) is 0.172. The third kappa shape index (κ3) is 4.85. The molecule has 1 atom stereocenters. The molecule has 2 heterocycles. The molecule has 0 radical (unpaired) electrons. The fourth-order valence-electron chi connectivity index (χ4n) is 2.38. The molecule has 1 aromatic heterocycles. The van der Waals surface area contributed by atoms with Gasteiger partial charge in [0.05, 0.1) is 0 Å². The topological polar surface area (TPSA) is 80.1 Å². The monoisotopic (exact) mass is 307 g/mol. The number of alkyl halides is 3. The predicted molar refractivity (Wildman–Crippen MR) is 70.7 cm³/mol. The first-order valence-electron chi connectivity index (χ1n) is 6.91. The van der Waals surface area contributed by atoms with E-state index < -0.39 is 12.8 Å². The smallest absolute Gasteiger partial charge is 0.364 e. The highest BCUT2D eigenvalue weighted by Gasteiger charge is 2.28. The molecule has 0 aromatic carbocycles. The van der Waals surface area contributed by atoms with Gasteiger partial charge in [0.1, 0.15) is 13.2 Å². The van der Waals surface area contributed by atoms with Gasteiger partial charge >= 0.3 is 6.18 Å². The summed E-state index contributed by atoms with van der Waals surface area (Å²) >= 11 is 0. The van der Waals surface area contributed by atoms with Gasteiger partial charge in [-0.15, -0.1) is 5.10 Å². The molecule has 1 fully saturated rings. The van der Waals surface area contributed by atoms with E-state index in [1.165, 1.54) is 0 Å². The van der Waals surface area contributed by atoms with E-state index in [-0.39, 0.29) is 12.6 Å². The largest absolute Gasteiger partial charge is 0.411 e. The van der Waals surface area contributed by atoms with Crippen molar-refractivity contribution in [2.45, 2.75) is 38.6 Å². The maximum Gasteiger partial charge on any atom is 0.411 e. The molecule has 3 N–H and O–H groups in total. The number of rotatable bonds is 5. The lowest BCUT2D eigenvalue weighted by Crippen LogP contribution is -2.40. The van der Waals surface area contributed by atoms with Gasteiger partial charge in [-0.2, -0.15) is 18.2 Å². The molecule has 0 amide bonds. The highest BCUT2D eigenvalue weighted by Crippen LogP contribution is 2.22. The van der Waals surface area contributed by atoms with Crippen LogP contribution in [0.15, 0.2) is 0 Å². The zero-order chi connectivity index (χ0) is 15.5. The molecule has 6 nitrogen and oxygen atoms in total. The minimum Gasteiger partial charge on any atom is -0.364 e. The Balaban J connectivity index is 1.81. The predicted octanol–water partition coefficient (Wildman–Crippen LogP) is 1.45. The van der Waals surface area contributed by atoms with Crippen LogP contribution in [0.2, 0.25) is 0 Å². The fourth-order valence-corrected chi connectivity index (χ4v) is 2.38. The van der Waals surface area contributed by atoms with Crippen LogP contribution in [-0.4, -0.2) is 47.1 Å². The van der Waals surface area contributed by atoms with E-state index in [2.05, 4.69) is 19.9 Å². The molecule has 0 spiro atoms. The van der Waals surface area contributed by atoms with Crippen LogP contribution in [0.1, 0.15) is 25.6 Å². The Bertz CT molecular complexity index is 440. The summed E-state index contributed by atoms with van der Waals surface area (Å²) in [5.74, 6) is 1.29. The van der Waals surface area contributed by atoms with Crippen molar-refractivity contribution in [1.82, 2.24) is 15.2 Å². The fraction of sp³-hybridized carbons (Fsp3) is 0.833. The Labute approximate surface area is 120 Å². The second kappa shape index (κ2) is 6.61. The second-order valence-corrected chi connectivity index (χ2v) is 5.37. The minimum atomic E-state index is -4.33. The molecule has 1 aromatic rings. The zero-order valence-electron chi connectivity index (χ0n) is 11.9. The molecule has 1 aliphatic heterocycles. The minimum absolute atomic E-state index is 0.172. The van der Waals surface area contributed by atoms with E-state index in [1.807, 2.05) is 11.8 Å². The molecular formula is C12H20F3N5O. The molecule has 2 rings (SSSR count). The lowest BCUT2D eigenvalue weighted by molar-refractivity contribution is -0.177. The third-order valence-corrected chi connectivity index (χ3v) is 3.59. The molecule has 0 aliphatic carbocycles. The van der Waals surface area contributed by atoms with Gasteiger partial charge in [0.25, 0.3) is 0 Å². The number of ether oxygens (including phenoxy) is 1. The molecule has 9 heteroatoms. The zero-order valence-corrected chi connectivity index (χ0v) is 11.9. The van der Waals surface area contributed by atoms with E-state index in [4.69, 9.17) is 5.73 Å². The van der Waals surface area contributed by atoms with Crippen molar-refractivity contribution in [3.05, 3.63) is 5.82 Å². The lowest BCUT2D eigenvalue weighted by atomic mass is 9.91. The third-order valence-electron chi connectivity index (χ3n) is 3.59. The first kappa shape index (κ1) is 16.0. The number of piperidine rings is 1. The number of anilines is 1. The van der Waals surface area contributed by atoms with Crippen LogP contribution >= 0.6 is 0 Å². The van der Waals surface area contributed by atoms with E-state index in [1.54, 1.807) is 0 Å². The van der Waals surface area contributed by atoms with Crippen LogP contribution in [-0.2, 0) is 11.3 Å². The van der Waals surface area contributed by atoms with Crippen LogP contribution in [0.4, 0.5) is 19.1 Å². The Morgan fingerprint density at radius 1 is 1.43 bits per heavy atom. The SMILES string of the molecule is CC(N)C1CCN(c2n[nH]c(COCC(F)(F)F)n2)CC1. The Hall–Kier alpha value is -1.35. The first-order valence-corrected chi connectivity index (χ1v) is 6.91. The van der Waals surface area contributed by atoms with E-state index >= 15 is 0 Å².